The van der Waals surface area contributed by atoms with Crippen LogP contribution in [0.25, 0.3) is 11.0 Å². The summed E-state index contributed by atoms with van der Waals surface area (Å²) in [6.07, 6.45) is 1.29. The largest absolute Gasteiger partial charge is 0.422 e. The minimum atomic E-state index is -0.524. The van der Waals surface area contributed by atoms with Gasteiger partial charge in [0, 0.05) is 12.3 Å². The fourth-order valence-corrected chi connectivity index (χ4v) is 1.85. The van der Waals surface area contributed by atoms with Crippen LogP contribution in [0.1, 0.15) is 32.3 Å². The Balaban J connectivity index is 2.52. The molecule has 5 heteroatoms. The second kappa shape index (κ2) is 6.14. The van der Waals surface area contributed by atoms with Crippen molar-refractivity contribution in [2.75, 3.05) is 0 Å². The van der Waals surface area contributed by atoms with Crippen LogP contribution < -0.4 is 5.63 Å². The summed E-state index contributed by atoms with van der Waals surface area (Å²) >= 11 is 0. The second-order valence-electron chi connectivity index (χ2n) is 4.36. The van der Waals surface area contributed by atoms with E-state index in [0.29, 0.717) is 23.3 Å². The van der Waals surface area contributed by atoms with Gasteiger partial charge in [-0.15, -0.1) is 0 Å². The molecule has 0 saturated heterocycles. The van der Waals surface area contributed by atoms with Gasteiger partial charge in [-0.1, -0.05) is 36.7 Å². The van der Waals surface area contributed by atoms with Gasteiger partial charge in [0.05, 0.1) is 11.3 Å². The van der Waals surface area contributed by atoms with Crippen molar-refractivity contribution in [2.45, 2.75) is 26.7 Å². The molecule has 0 aliphatic heterocycles. The van der Waals surface area contributed by atoms with Crippen LogP contribution in [0.3, 0.4) is 0 Å². The van der Waals surface area contributed by atoms with Gasteiger partial charge in [0.25, 0.3) is 0 Å². The van der Waals surface area contributed by atoms with Crippen LogP contribution in [0.4, 0.5) is 0 Å². The molecule has 20 heavy (non-hydrogen) atoms. The van der Waals surface area contributed by atoms with Crippen molar-refractivity contribution in [1.82, 2.24) is 0 Å². The van der Waals surface area contributed by atoms with Gasteiger partial charge in [-0.2, -0.15) is 0 Å². The van der Waals surface area contributed by atoms with Crippen molar-refractivity contribution in [2.24, 2.45) is 5.16 Å². The Hall–Kier alpha value is -2.43. The molecule has 1 aromatic carbocycles. The molecule has 0 saturated carbocycles. The summed E-state index contributed by atoms with van der Waals surface area (Å²) in [5.74, 6) is -0.524. The maximum atomic E-state index is 12.0. The minimum Gasteiger partial charge on any atom is -0.422 e. The van der Waals surface area contributed by atoms with Gasteiger partial charge in [0.2, 0.25) is 0 Å². The van der Waals surface area contributed by atoms with E-state index in [0.717, 1.165) is 11.8 Å². The SMILES string of the molecule is CCCC(=NOC(C)=O)c1cc2ccccc2oc1=O. The van der Waals surface area contributed by atoms with Gasteiger partial charge in [0.15, 0.2) is 0 Å². The molecule has 104 valence electrons. The van der Waals surface area contributed by atoms with Crippen molar-refractivity contribution in [1.29, 1.82) is 0 Å². The molecule has 0 aliphatic rings. The lowest BCUT2D eigenvalue weighted by Crippen LogP contribution is -2.15. The molecular formula is C15H15NO4. The Bertz CT molecular complexity index is 715. The zero-order valence-electron chi connectivity index (χ0n) is 11.4. The highest BCUT2D eigenvalue weighted by atomic mass is 16.7. The van der Waals surface area contributed by atoms with Crippen molar-refractivity contribution in [3.05, 3.63) is 46.3 Å². The molecule has 0 unspecified atom stereocenters. The second-order valence-corrected chi connectivity index (χ2v) is 4.36. The van der Waals surface area contributed by atoms with Crippen molar-refractivity contribution in [3.63, 3.8) is 0 Å². The number of nitrogens with zero attached hydrogens (tertiary/aromatic N) is 1. The molecule has 0 radical (unpaired) electrons. The van der Waals surface area contributed by atoms with Gasteiger partial charge in [-0.05, 0) is 18.6 Å². The molecule has 1 aromatic heterocycles. The number of carbonyl (C=O) groups excluding carboxylic acids is 1. The lowest BCUT2D eigenvalue weighted by Gasteiger charge is -2.04. The van der Waals surface area contributed by atoms with E-state index in [4.69, 9.17) is 4.42 Å². The van der Waals surface area contributed by atoms with E-state index in [-0.39, 0.29) is 0 Å². The fraction of sp³-hybridized carbons (Fsp3) is 0.267. The van der Waals surface area contributed by atoms with Crippen LogP contribution in [0, 0.1) is 0 Å². The van der Waals surface area contributed by atoms with E-state index in [9.17, 15) is 9.59 Å². The van der Waals surface area contributed by atoms with Gasteiger partial charge < -0.3 is 9.25 Å². The number of carbonyl (C=O) groups is 1. The first kappa shape index (κ1) is 14.0. The first-order valence-electron chi connectivity index (χ1n) is 6.39. The summed E-state index contributed by atoms with van der Waals surface area (Å²) in [6.45, 7) is 3.21. The normalized spacial score (nSPS) is 11.6. The van der Waals surface area contributed by atoms with E-state index in [2.05, 4.69) is 9.99 Å². The van der Waals surface area contributed by atoms with E-state index >= 15 is 0 Å². The molecule has 2 aromatic rings. The third kappa shape index (κ3) is 3.12. The number of hydrogen-bond donors (Lipinski definition) is 0. The Kier molecular flexibility index (Phi) is 4.30. The van der Waals surface area contributed by atoms with Gasteiger partial charge in [-0.3, -0.25) is 0 Å². The Morgan fingerprint density at radius 2 is 2.10 bits per heavy atom. The molecule has 0 amide bonds. The van der Waals surface area contributed by atoms with Crippen LogP contribution in [0.15, 0.2) is 44.7 Å². The number of hydrogen-bond acceptors (Lipinski definition) is 5. The third-order valence-electron chi connectivity index (χ3n) is 2.72. The number of fused-ring (bicyclic) bond motifs is 1. The molecule has 0 aliphatic carbocycles. The van der Waals surface area contributed by atoms with E-state index in [1.807, 2.05) is 19.1 Å². The summed E-state index contributed by atoms with van der Waals surface area (Å²) in [5, 5.41) is 4.56. The standard InChI is InChI=1S/C15H15NO4/c1-3-6-13(16-20-10(2)17)12-9-11-7-4-5-8-14(11)19-15(12)18/h4-5,7-9H,3,6H2,1-2H3. The number of rotatable bonds is 4. The number of oxime groups is 1. The molecule has 0 atom stereocenters. The monoisotopic (exact) mass is 273 g/mol. The third-order valence-corrected chi connectivity index (χ3v) is 2.72. The van der Waals surface area contributed by atoms with E-state index < -0.39 is 11.6 Å². The molecule has 0 fully saturated rings. The average molecular weight is 273 g/mol. The molecular weight excluding hydrogens is 258 g/mol. The number of benzene rings is 1. The first-order chi connectivity index (χ1) is 9.61. The van der Waals surface area contributed by atoms with Crippen molar-refractivity contribution < 1.29 is 14.0 Å². The van der Waals surface area contributed by atoms with E-state index in [1.54, 1.807) is 18.2 Å². The number of para-hydroxylation sites is 1. The smallest absolute Gasteiger partial charge is 0.345 e. The van der Waals surface area contributed by atoms with Gasteiger partial charge >= 0.3 is 11.6 Å². The summed E-state index contributed by atoms with van der Waals surface area (Å²) in [5.41, 5.74) is 0.779. The van der Waals surface area contributed by atoms with Crippen LogP contribution >= 0.6 is 0 Å². The zero-order valence-corrected chi connectivity index (χ0v) is 11.4. The topological polar surface area (TPSA) is 68.9 Å². The van der Waals surface area contributed by atoms with Gasteiger partial charge in [0.1, 0.15) is 5.58 Å². The Morgan fingerprint density at radius 3 is 2.80 bits per heavy atom. The molecule has 0 bridgehead atoms. The highest BCUT2D eigenvalue weighted by molar-refractivity contribution is 6.02. The average Bonchev–Trinajstić information content (AvgIpc) is 2.42. The lowest BCUT2D eigenvalue weighted by atomic mass is 10.1. The zero-order chi connectivity index (χ0) is 14.5. The molecule has 0 spiro atoms. The highest BCUT2D eigenvalue weighted by Crippen LogP contribution is 2.14. The minimum absolute atomic E-state index is 0.326. The predicted octanol–water partition coefficient (Wildman–Crippen LogP) is 2.86. The lowest BCUT2D eigenvalue weighted by molar-refractivity contribution is -0.140. The Morgan fingerprint density at radius 1 is 1.35 bits per heavy atom. The van der Waals surface area contributed by atoms with E-state index in [1.165, 1.54) is 6.92 Å². The highest BCUT2D eigenvalue weighted by Gasteiger charge is 2.12. The summed E-state index contributed by atoms with van der Waals surface area (Å²) in [4.78, 5) is 27.5. The maximum absolute atomic E-state index is 12.0. The van der Waals surface area contributed by atoms with Crippen LogP contribution in [-0.2, 0) is 9.63 Å². The van der Waals surface area contributed by atoms with Crippen molar-refractivity contribution in [3.8, 4) is 0 Å². The molecule has 1 heterocycles. The first-order valence-corrected chi connectivity index (χ1v) is 6.39. The molecule has 0 N–H and O–H groups in total. The predicted molar refractivity (Wildman–Crippen MR) is 75.7 cm³/mol. The fourth-order valence-electron chi connectivity index (χ4n) is 1.85. The molecule has 5 nitrogen and oxygen atoms in total. The molecule has 2 rings (SSSR count). The quantitative estimate of drug-likeness (QED) is 0.372. The summed E-state index contributed by atoms with van der Waals surface area (Å²) in [6, 6.07) is 8.93. The van der Waals surface area contributed by atoms with Crippen LogP contribution in [0.2, 0.25) is 0 Å². The van der Waals surface area contributed by atoms with Crippen molar-refractivity contribution >= 4 is 22.7 Å². The Labute approximate surface area is 115 Å². The maximum Gasteiger partial charge on any atom is 0.345 e. The summed E-state index contributed by atoms with van der Waals surface area (Å²) < 4.78 is 5.25. The summed E-state index contributed by atoms with van der Waals surface area (Å²) in [7, 11) is 0. The van der Waals surface area contributed by atoms with Gasteiger partial charge in [-0.25, -0.2) is 9.59 Å². The van der Waals surface area contributed by atoms with Crippen LogP contribution in [-0.4, -0.2) is 11.7 Å². The van der Waals surface area contributed by atoms with Crippen LogP contribution in [0.5, 0.6) is 0 Å².